The van der Waals surface area contributed by atoms with E-state index < -0.39 is 17.7 Å². The minimum atomic E-state index is -1.60. The summed E-state index contributed by atoms with van der Waals surface area (Å²) in [4.78, 5) is 12.1. The van der Waals surface area contributed by atoms with Gasteiger partial charge in [0.1, 0.15) is 11.9 Å². The van der Waals surface area contributed by atoms with Gasteiger partial charge in [0.05, 0.1) is 5.02 Å². The molecule has 0 bridgehead atoms. The summed E-state index contributed by atoms with van der Waals surface area (Å²) >= 11 is 5.97. The molecule has 2 aromatic carbocycles. The molecular weight excluding hydrogens is 267 g/mol. The van der Waals surface area contributed by atoms with Gasteiger partial charge in [-0.05, 0) is 18.6 Å². The predicted octanol–water partition coefficient (Wildman–Crippen LogP) is 3.70. The number of hydrogen-bond donors (Lipinski definition) is 1. The lowest BCUT2D eigenvalue weighted by Crippen LogP contribution is -2.14. The van der Waals surface area contributed by atoms with Gasteiger partial charge < -0.3 is 5.11 Å². The van der Waals surface area contributed by atoms with Crippen LogP contribution >= 0.6 is 11.6 Å². The van der Waals surface area contributed by atoms with Gasteiger partial charge in [-0.1, -0.05) is 48.0 Å². The van der Waals surface area contributed by atoms with Crippen molar-refractivity contribution in [3.05, 3.63) is 70.0 Å². The zero-order chi connectivity index (χ0) is 14.0. The van der Waals surface area contributed by atoms with Crippen LogP contribution in [0.5, 0.6) is 0 Å². The number of carbonyl (C=O) groups excluding carboxylic acids is 1. The van der Waals surface area contributed by atoms with Crippen molar-refractivity contribution in [1.29, 1.82) is 0 Å². The van der Waals surface area contributed by atoms with Crippen LogP contribution in [0.2, 0.25) is 5.02 Å². The van der Waals surface area contributed by atoms with E-state index in [1.807, 2.05) is 0 Å². The summed E-state index contributed by atoms with van der Waals surface area (Å²) < 4.78 is 13.8. The van der Waals surface area contributed by atoms with Crippen molar-refractivity contribution >= 4 is 17.4 Å². The number of halogens is 2. The summed E-state index contributed by atoms with van der Waals surface area (Å²) in [5, 5.41) is 10.1. The zero-order valence-corrected chi connectivity index (χ0v) is 11.0. The molecule has 0 spiro atoms. The predicted molar refractivity (Wildman–Crippen MR) is 71.9 cm³/mol. The fourth-order valence-electron chi connectivity index (χ4n) is 1.82. The van der Waals surface area contributed by atoms with Crippen LogP contribution in [0, 0.1) is 12.7 Å². The Morgan fingerprint density at radius 3 is 2.47 bits per heavy atom. The average Bonchev–Trinajstić information content (AvgIpc) is 2.43. The molecule has 0 saturated carbocycles. The minimum absolute atomic E-state index is 0.0804. The summed E-state index contributed by atoms with van der Waals surface area (Å²) in [5.74, 6) is -1.26. The molecule has 98 valence electrons. The first kappa shape index (κ1) is 13.7. The van der Waals surface area contributed by atoms with Crippen molar-refractivity contribution in [3.63, 3.8) is 0 Å². The van der Waals surface area contributed by atoms with Crippen molar-refractivity contribution in [2.75, 3.05) is 0 Å². The van der Waals surface area contributed by atoms with Gasteiger partial charge in [-0.2, -0.15) is 0 Å². The molecule has 0 aliphatic heterocycles. The first-order chi connectivity index (χ1) is 9.02. The molecule has 2 aromatic rings. The maximum absolute atomic E-state index is 13.8. The molecule has 1 N–H and O–H groups in total. The van der Waals surface area contributed by atoms with Crippen LogP contribution in [0.1, 0.15) is 27.6 Å². The third kappa shape index (κ3) is 2.67. The highest BCUT2D eigenvalue weighted by Crippen LogP contribution is 2.30. The zero-order valence-electron chi connectivity index (χ0n) is 10.2. The van der Waals surface area contributed by atoms with E-state index >= 15 is 0 Å². The Hall–Kier alpha value is -1.71. The first-order valence-corrected chi connectivity index (χ1v) is 6.12. The van der Waals surface area contributed by atoms with E-state index in [0.29, 0.717) is 11.1 Å². The molecule has 1 unspecified atom stereocenters. The van der Waals surface area contributed by atoms with Crippen LogP contribution in [0.3, 0.4) is 0 Å². The van der Waals surface area contributed by atoms with Crippen LogP contribution in [0.15, 0.2) is 42.5 Å². The van der Waals surface area contributed by atoms with Crippen molar-refractivity contribution in [1.82, 2.24) is 0 Å². The van der Waals surface area contributed by atoms with Crippen LogP contribution in [0.25, 0.3) is 0 Å². The lowest BCUT2D eigenvalue weighted by Gasteiger charge is -2.14. The molecule has 0 radical (unpaired) electrons. The van der Waals surface area contributed by atoms with E-state index in [2.05, 4.69) is 0 Å². The summed E-state index contributed by atoms with van der Waals surface area (Å²) in [5.41, 5.74) is 0.750. The maximum Gasteiger partial charge on any atom is 0.195 e. The molecule has 0 amide bonds. The van der Waals surface area contributed by atoms with Gasteiger partial charge in [0.25, 0.3) is 0 Å². The fraction of sp³-hybridized carbons (Fsp3) is 0.133. The summed E-state index contributed by atoms with van der Waals surface area (Å²) in [6.07, 6.45) is -1.60. The average molecular weight is 279 g/mol. The van der Waals surface area contributed by atoms with Crippen molar-refractivity contribution in [2.45, 2.75) is 13.0 Å². The fourth-order valence-corrected chi connectivity index (χ4v) is 2.08. The van der Waals surface area contributed by atoms with Crippen molar-refractivity contribution < 1.29 is 14.3 Å². The van der Waals surface area contributed by atoms with E-state index in [1.54, 1.807) is 37.3 Å². The summed E-state index contributed by atoms with van der Waals surface area (Å²) in [7, 11) is 0. The number of rotatable bonds is 3. The Morgan fingerprint density at radius 1 is 1.21 bits per heavy atom. The number of aryl methyl sites for hydroxylation is 1. The lowest BCUT2D eigenvalue weighted by atomic mass is 9.98. The Labute approximate surface area is 115 Å². The van der Waals surface area contributed by atoms with Crippen LogP contribution in [0.4, 0.5) is 4.39 Å². The minimum Gasteiger partial charge on any atom is -0.380 e. The van der Waals surface area contributed by atoms with Gasteiger partial charge in [0.2, 0.25) is 0 Å². The Kier molecular flexibility index (Phi) is 3.98. The van der Waals surface area contributed by atoms with Gasteiger partial charge in [-0.25, -0.2) is 4.39 Å². The Morgan fingerprint density at radius 2 is 1.84 bits per heavy atom. The molecule has 0 aromatic heterocycles. The van der Waals surface area contributed by atoms with Crippen molar-refractivity contribution in [2.24, 2.45) is 0 Å². The van der Waals surface area contributed by atoms with Gasteiger partial charge in [0.15, 0.2) is 5.78 Å². The van der Waals surface area contributed by atoms with Gasteiger partial charge in [0, 0.05) is 11.1 Å². The van der Waals surface area contributed by atoms with E-state index in [4.69, 9.17) is 11.6 Å². The van der Waals surface area contributed by atoms with Gasteiger partial charge >= 0.3 is 0 Å². The summed E-state index contributed by atoms with van der Waals surface area (Å²) in [6.45, 7) is 1.69. The smallest absolute Gasteiger partial charge is 0.195 e. The SMILES string of the molecule is Cc1ccc(F)c(C(O)C(=O)c2ccccc2)c1Cl. The number of hydrogen-bond acceptors (Lipinski definition) is 2. The highest BCUT2D eigenvalue weighted by atomic mass is 35.5. The largest absolute Gasteiger partial charge is 0.380 e. The van der Waals surface area contributed by atoms with E-state index in [-0.39, 0.29) is 10.6 Å². The number of aliphatic hydroxyl groups excluding tert-OH is 1. The lowest BCUT2D eigenvalue weighted by molar-refractivity contribution is 0.0740. The molecule has 0 heterocycles. The third-order valence-corrected chi connectivity index (χ3v) is 3.40. The number of ketones is 1. The van der Waals surface area contributed by atoms with Crippen LogP contribution in [-0.2, 0) is 0 Å². The molecule has 2 nitrogen and oxygen atoms in total. The molecule has 0 aliphatic rings. The second-order valence-electron chi connectivity index (χ2n) is 4.22. The van der Waals surface area contributed by atoms with E-state index in [0.717, 1.165) is 0 Å². The monoisotopic (exact) mass is 278 g/mol. The van der Waals surface area contributed by atoms with E-state index in [9.17, 15) is 14.3 Å². The number of carbonyl (C=O) groups is 1. The molecule has 2 rings (SSSR count). The molecule has 19 heavy (non-hydrogen) atoms. The maximum atomic E-state index is 13.8. The molecule has 0 fully saturated rings. The molecule has 1 atom stereocenters. The van der Waals surface area contributed by atoms with Gasteiger partial charge in [-0.15, -0.1) is 0 Å². The van der Waals surface area contributed by atoms with Crippen LogP contribution < -0.4 is 0 Å². The Bertz CT molecular complexity index is 611. The number of Topliss-reactive ketones (excluding diaryl/α,β-unsaturated/α-hetero) is 1. The normalized spacial score (nSPS) is 12.2. The van der Waals surface area contributed by atoms with Crippen LogP contribution in [-0.4, -0.2) is 10.9 Å². The highest BCUT2D eigenvalue weighted by molar-refractivity contribution is 6.32. The number of benzene rings is 2. The first-order valence-electron chi connectivity index (χ1n) is 5.74. The molecular formula is C15H12ClFO2. The van der Waals surface area contributed by atoms with Gasteiger partial charge in [-0.3, -0.25) is 4.79 Å². The second kappa shape index (κ2) is 5.51. The second-order valence-corrected chi connectivity index (χ2v) is 4.60. The summed E-state index contributed by atoms with van der Waals surface area (Å²) in [6, 6.07) is 10.9. The molecule has 4 heteroatoms. The quantitative estimate of drug-likeness (QED) is 0.869. The topological polar surface area (TPSA) is 37.3 Å². The van der Waals surface area contributed by atoms with E-state index in [1.165, 1.54) is 12.1 Å². The third-order valence-electron chi connectivity index (χ3n) is 2.90. The highest BCUT2D eigenvalue weighted by Gasteiger charge is 2.25. The Balaban J connectivity index is 2.43. The molecule has 0 aliphatic carbocycles. The number of aliphatic hydroxyl groups is 1. The van der Waals surface area contributed by atoms with Crippen molar-refractivity contribution in [3.8, 4) is 0 Å². The standard InChI is InChI=1S/C15H12ClFO2/c1-9-7-8-11(17)12(13(9)16)15(19)14(18)10-5-3-2-4-6-10/h2-8,15,19H,1H3. The molecule has 0 saturated heterocycles.